The van der Waals surface area contributed by atoms with Gasteiger partial charge in [0.15, 0.2) is 23.3 Å². The van der Waals surface area contributed by atoms with Crippen molar-refractivity contribution in [2.75, 3.05) is 18.1 Å². The zero-order valence-corrected chi connectivity index (χ0v) is 15.6. The first-order valence-corrected chi connectivity index (χ1v) is 9.33. The SMILES string of the molecule is Bc1nnc(NC(=O)[C@@](C)(O)CS(=O)(=O)c2ccc(C(=O)NC)cc2)nn1. The summed E-state index contributed by atoms with van der Waals surface area (Å²) in [5, 5.41) is 29.2. The number of carbonyl (C=O) groups is 2. The molecule has 0 saturated heterocycles. The van der Waals surface area contributed by atoms with E-state index in [4.69, 9.17) is 0 Å². The first kappa shape index (κ1) is 20.4. The van der Waals surface area contributed by atoms with Crippen molar-refractivity contribution in [1.29, 1.82) is 0 Å². The molecular weight excluding hydrogens is 375 g/mol. The maximum absolute atomic E-state index is 12.5. The first-order valence-electron chi connectivity index (χ1n) is 7.68. The Kier molecular flexibility index (Phi) is 5.86. The Hall–Kier alpha value is -2.93. The van der Waals surface area contributed by atoms with E-state index in [0.29, 0.717) is 0 Å². The number of amides is 2. The van der Waals surface area contributed by atoms with Crippen molar-refractivity contribution in [1.82, 2.24) is 25.7 Å². The second kappa shape index (κ2) is 7.76. The molecule has 0 aliphatic rings. The number of nitrogens with one attached hydrogen (secondary N) is 2. The molecule has 2 rings (SSSR count). The molecule has 0 spiro atoms. The molecule has 0 aliphatic heterocycles. The number of anilines is 1. The molecule has 1 heterocycles. The lowest BCUT2D eigenvalue weighted by molar-refractivity contribution is -0.130. The molecule has 2 amide bonds. The van der Waals surface area contributed by atoms with Crippen molar-refractivity contribution in [3.8, 4) is 0 Å². The quantitative estimate of drug-likeness (QED) is 0.436. The van der Waals surface area contributed by atoms with Gasteiger partial charge < -0.3 is 10.4 Å². The molecule has 0 aliphatic carbocycles. The van der Waals surface area contributed by atoms with Gasteiger partial charge in [-0.15, -0.1) is 20.4 Å². The van der Waals surface area contributed by atoms with Crippen LogP contribution in [-0.4, -0.2) is 72.0 Å². The normalized spacial score (nSPS) is 13.4. The van der Waals surface area contributed by atoms with Gasteiger partial charge in [-0.2, -0.15) is 0 Å². The minimum atomic E-state index is -4.03. The highest BCUT2D eigenvalue weighted by Gasteiger charge is 2.37. The van der Waals surface area contributed by atoms with E-state index < -0.39 is 27.1 Å². The Labute approximate surface area is 155 Å². The molecule has 0 fully saturated rings. The molecule has 2 aromatic rings. The molecule has 3 N–H and O–H groups in total. The summed E-state index contributed by atoms with van der Waals surface area (Å²) in [5.41, 5.74) is -1.72. The van der Waals surface area contributed by atoms with Crippen molar-refractivity contribution in [3.63, 3.8) is 0 Å². The van der Waals surface area contributed by atoms with E-state index in [-0.39, 0.29) is 28.0 Å². The summed E-state index contributed by atoms with van der Waals surface area (Å²) in [7, 11) is -1.03. The monoisotopic (exact) mass is 392 g/mol. The smallest absolute Gasteiger partial charge is 0.268 e. The van der Waals surface area contributed by atoms with Crippen LogP contribution < -0.4 is 16.4 Å². The number of hydrogen-bond donors (Lipinski definition) is 3. The van der Waals surface area contributed by atoms with Gasteiger partial charge in [-0.05, 0) is 31.2 Å². The third-order valence-corrected chi connectivity index (χ3v) is 5.40. The summed E-state index contributed by atoms with van der Waals surface area (Å²) in [6.07, 6.45) is 0. The summed E-state index contributed by atoms with van der Waals surface area (Å²) in [6, 6.07) is 5.12. The minimum Gasteiger partial charge on any atom is -0.379 e. The number of nitrogens with zero attached hydrogens (tertiary/aromatic N) is 4. The molecule has 0 radical (unpaired) electrons. The van der Waals surface area contributed by atoms with Crippen molar-refractivity contribution in [2.24, 2.45) is 0 Å². The Morgan fingerprint density at radius 2 is 1.70 bits per heavy atom. The van der Waals surface area contributed by atoms with Crippen LogP contribution in [0.5, 0.6) is 0 Å². The van der Waals surface area contributed by atoms with E-state index in [2.05, 4.69) is 31.0 Å². The second-order valence-corrected chi connectivity index (χ2v) is 7.85. The third-order valence-electron chi connectivity index (χ3n) is 3.47. The largest absolute Gasteiger partial charge is 0.379 e. The van der Waals surface area contributed by atoms with Gasteiger partial charge in [-0.1, -0.05) is 0 Å². The van der Waals surface area contributed by atoms with Crippen molar-refractivity contribution in [2.45, 2.75) is 17.4 Å². The molecule has 1 aromatic heterocycles. The number of hydrogen-bond acceptors (Lipinski definition) is 9. The summed E-state index contributed by atoms with van der Waals surface area (Å²) < 4.78 is 25.0. The van der Waals surface area contributed by atoms with Crippen LogP contribution in [0.25, 0.3) is 0 Å². The van der Waals surface area contributed by atoms with Crippen LogP contribution in [0.4, 0.5) is 5.95 Å². The zero-order valence-electron chi connectivity index (χ0n) is 14.8. The number of aliphatic hydroxyl groups is 1. The molecule has 142 valence electrons. The lowest BCUT2D eigenvalue weighted by Crippen LogP contribution is -2.46. The number of carbonyl (C=O) groups excluding carboxylic acids is 2. The van der Waals surface area contributed by atoms with Gasteiger partial charge in [0.1, 0.15) is 5.72 Å². The summed E-state index contributed by atoms with van der Waals surface area (Å²) in [4.78, 5) is 23.6. The maximum Gasteiger partial charge on any atom is 0.268 e. The second-order valence-electron chi connectivity index (χ2n) is 5.86. The molecule has 13 heteroatoms. The van der Waals surface area contributed by atoms with E-state index >= 15 is 0 Å². The van der Waals surface area contributed by atoms with Crippen molar-refractivity contribution < 1.29 is 23.1 Å². The topological polar surface area (TPSA) is 164 Å². The maximum atomic E-state index is 12.5. The molecule has 0 bridgehead atoms. The van der Waals surface area contributed by atoms with E-state index in [1.54, 1.807) is 7.85 Å². The summed E-state index contributed by atoms with van der Waals surface area (Å²) in [5.74, 6) is -2.55. The van der Waals surface area contributed by atoms with Crippen LogP contribution in [0, 0.1) is 0 Å². The van der Waals surface area contributed by atoms with Crippen LogP contribution in [0.3, 0.4) is 0 Å². The standard InChI is InChI=1S/C14H17BN6O5S/c1-14(24,11(23)17-13-20-18-12(15)19-21-13)7-27(25,26)9-5-3-8(4-6-9)10(22)16-2/h3-6,24H,7,15H2,1-2H3,(H,16,22)(H,17,20,21,23)/t14-/m0/s1. The number of benzene rings is 1. The average molecular weight is 392 g/mol. The van der Waals surface area contributed by atoms with Gasteiger partial charge in [0.05, 0.1) is 10.6 Å². The molecular formula is C14H17BN6O5S. The van der Waals surface area contributed by atoms with Gasteiger partial charge >= 0.3 is 0 Å². The van der Waals surface area contributed by atoms with E-state index in [9.17, 15) is 23.1 Å². The molecule has 1 aromatic carbocycles. The van der Waals surface area contributed by atoms with Gasteiger partial charge in [-0.25, -0.2) is 8.42 Å². The van der Waals surface area contributed by atoms with Gasteiger partial charge in [0.2, 0.25) is 0 Å². The highest BCUT2D eigenvalue weighted by atomic mass is 32.2. The van der Waals surface area contributed by atoms with Gasteiger partial charge in [0, 0.05) is 12.6 Å². The van der Waals surface area contributed by atoms with E-state index in [1.807, 2.05) is 0 Å². The zero-order chi connectivity index (χ0) is 20.2. The van der Waals surface area contributed by atoms with Crippen LogP contribution in [0.1, 0.15) is 17.3 Å². The fourth-order valence-corrected chi connectivity index (χ4v) is 3.63. The first-order chi connectivity index (χ1) is 12.5. The van der Waals surface area contributed by atoms with Gasteiger partial charge in [-0.3, -0.25) is 14.9 Å². The van der Waals surface area contributed by atoms with E-state index in [1.165, 1.54) is 31.3 Å². The van der Waals surface area contributed by atoms with Crippen LogP contribution in [-0.2, 0) is 14.6 Å². The summed E-state index contributed by atoms with van der Waals surface area (Å²) >= 11 is 0. The van der Waals surface area contributed by atoms with Crippen LogP contribution >= 0.6 is 0 Å². The highest BCUT2D eigenvalue weighted by Crippen LogP contribution is 2.18. The summed E-state index contributed by atoms with van der Waals surface area (Å²) in [6.45, 7) is 1.05. The Morgan fingerprint density at radius 1 is 1.15 bits per heavy atom. The van der Waals surface area contributed by atoms with Crippen LogP contribution in [0.2, 0.25) is 0 Å². The predicted molar refractivity (Wildman–Crippen MR) is 96.9 cm³/mol. The fraction of sp³-hybridized carbons (Fsp3) is 0.286. The highest BCUT2D eigenvalue weighted by molar-refractivity contribution is 7.91. The minimum absolute atomic E-state index is 0.141. The number of aromatic nitrogens is 4. The van der Waals surface area contributed by atoms with E-state index in [0.717, 1.165) is 6.92 Å². The molecule has 0 saturated carbocycles. The van der Waals surface area contributed by atoms with Crippen LogP contribution in [0.15, 0.2) is 29.2 Å². The lowest BCUT2D eigenvalue weighted by Gasteiger charge is -2.21. The number of rotatable bonds is 6. The lowest BCUT2D eigenvalue weighted by atomic mass is 10.1. The number of sulfone groups is 1. The Morgan fingerprint density at radius 3 is 2.22 bits per heavy atom. The molecule has 11 nitrogen and oxygen atoms in total. The van der Waals surface area contributed by atoms with Crippen molar-refractivity contribution in [3.05, 3.63) is 29.8 Å². The molecule has 0 unspecified atom stereocenters. The third kappa shape index (κ3) is 5.04. The van der Waals surface area contributed by atoms with Crippen molar-refractivity contribution >= 4 is 41.2 Å². The fourth-order valence-electron chi connectivity index (χ4n) is 2.04. The molecule has 1 atom stereocenters. The predicted octanol–water partition coefficient (Wildman–Crippen LogP) is -2.95. The van der Waals surface area contributed by atoms with Gasteiger partial charge in [0.25, 0.3) is 17.8 Å². The Balaban J connectivity index is 2.15. The molecule has 27 heavy (non-hydrogen) atoms. The average Bonchev–Trinajstić information content (AvgIpc) is 2.62. The Bertz CT molecular complexity index is 947.